The summed E-state index contributed by atoms with van der Waals surface area (Å²) in [6.45, 7) is 5.67. The Morgan fingerprint density at radius 3 is 2.23 bits per heavy atom. The molecule has 0 saturated heterocycles. The highest BCUT2D eigenvalue weighted by molar-refractivity contribution is 7.92. The fraction of sp³-hybridized carbons (Fsp3) is 0.208. The Labute approximate surface area is 203 Å². The molecule has 4 aromatic rings. The zero-order valence-corrected chi connectivity index (χ0v) is 20.8. The van der Waals surface area contributed by atoms with Crippen LogP contribution in [0.5, 0.6) is 23.1 Å². The number of aromatic nitrogens is 4. The fourth-order valence-corrected chi connectivity index (χ4v) is 4.56. The van der Waals surface area contributed by atoms with E-state index in [0.29, 0.717) is 34.7 Å². The highest BCUT2D eigenvalue weighted by Crippen LogP contribution is 2.30. The standard InChI is InChI=1S/C24H25N5O5S/c1-15-16(2)29(14-25-15)23-13-24(27-17(3)26-23)34-19-8-6-18(7-9-19)28-35(30,31)22-11-10-20(32-4)12-21(22)33-5/h6-14,28H,1-5H3. The van der Waals surface area contributed by atoms with Crippen molar-refractivity contribution in [3.05, 3.63) is 72.1 Å². The summed E-state index contributed by atoms with van der Waals surface area (Å²) in [5.74, 6) is 2.69. The van der Waals surface area contributed by atoms with Crippen LogP contribution in [0.25, 0.3) is 5.82 Å². The van der Waals surface area contributed by atoms with E-state index in [2.05, 4.69) is 19.7 Å². The molecule has 0 aliphatic carbocycles. The molecule has 0 saturated carbocycles. The Morgan fingerprint density at radius 2 is 1.60 bits per heavy atom. The van der Waals surface area contributed by atoms with Crippen molar-refractivity contribution in [1.29, 1.82) is 0 Å². The van der Waals surface area contributed by atoms with Crippen LogP contribution < -0.4 is 18.9 Å². The lowest BCUT2D eigenvalue weighted by molar-refractivity contribution is 0.386. The molecule has 4 rings (SSSR count). The molecule has 1 N–H and O–H groups in total. The predicted molar refractivity (Wildman–Crippen MR) is 130 cm³/mol. The second-order valence-electron chi connectivity index (χ2n) is 7.65. The van der Waals surface area contributed by atoms with Crippen molar-refractivity contribution in [2.45, 2.75) is 25.7 Å². The van der Waals surface area contributed by atoms with Crippen molar-refractivity contribution < 1.29 is 22.6 Å². The number of ether oxygens (including phenoxy) is 3. The molecule has 0 aliphatic rings. The first kappa shape index (κ1) is 24.0. The lowest BCUT2D eigenvalue weighted by atomic mass is 10.3. The number of methoxy groups -OCH3 is 2. The van der Waals surface area contributed by atoms with Gasteiger partial charge in [0.05, 0.1) is 19.9 Å². The van der Waals surface area contributed by atoms with Crippen molar-refractivity contribution in [3.63, 3.8) is 0 Å². The summed E-state index contributed by atoms with van der Waals surface area (Å²) >= 11 is 0. The van der Waals surface area contributed by atoms with Gasteiger partial charge in [0.2, 0.25) is 5.88 Å². The number of sulfonamides is 1. The smallest absolute Gasteiger partial charge is 0.265 e. The van der Waals surface area contributed by atoms with Crippen LogP contribution in [0.1, 0.15) is 17.2 Å². The van der Waals surface area contributed by atoms with E-state index in [1.807, 2.05) is 18.4 Å². The van der Waals surface area contributed by atoms with Crippen molar-refractivity contribution >= 4 is 15.7 Å². The zero-order valence-electron chi connectivity index (χ0n) is 19.9. The summed E-state index contributed by atoms with van der Waals surface area (Å²) in [6.07, 6.45) is 1.70. The molecule has 0 radical (unpaired) electrons. The van der Waals surface area contributed by atoms with Gasteiger partial charge in [0.25, 0.3) is 10.0 Å². The van der Waals surface area contributed by atoms with Crippen LogP contribution in [0.3, 0.4) is 0 Å². The third-order valence-electron chi connectivity index (χ3n) is 5.29. The first-order valence-electron chi connectivity index (χ1n) is 10.6. The first-order chi connectivity index (χ1) is 16.7. The summed E-state index contributed by atoms with van der Waals surface area (Å²) in [5.41, 5.74) is 2.24. The normalized spacial score (nSPS) is 11.2. The summed E-state index contributed by atoms with van der Waals surface area (Å²) < 4.78 is 46.5. The van der Waals surface area contributed by atoms with Crippen LogP contribution in [0.4, 0.5) is 5.69 Å². The number of rotatable bonds is 8. The predicted octanol–water partition coefficient (Wildman–Crippen LogP) is 4.20. The minimum absolute atomic E-state index is 0.00449. The fourth-order valence-electron chi connectivity index (χ4n) is 3.35. The van der Waals surface area contributed by atoms with Crippen LogP contribution >= 0.6 is 0 Å². The number of benzene rings is 2. The average Bonchev–Trinajstić information content (AvgIpc) is 3.17. The van der Waals surface area contributed by atoms with Crippen molar-refractivity contribution in [2.75, 3.05) is 18.9 Å². The van der Waals surface area contributed by atoms with E-state index in [-0.39, 0.29) is 10.6 Å². The lowest BCUT2D eigenvalue weighted by Gasteiger charge is -2.13. The number of nitrogens with zero attached hydrogens (tertiary/aromatic N) is 4. The van der Waals surface area contributed by atoms with Crippen molar-refractivity contribution in [3.8, 4) is 28.9 Å². The molecule has 2 aromatic carbocycles. The molecule has 11 heteroatoms. The summed E-state index contributed by atoms with van der Waals surface area (Å²) in [6, 6.07) is 12.7. The molecule has 0 atom stereocenters. The Bertz CT molecular complexity index is 1470. The van der Waals surface area contributed by atoms with Crippen LogP contribution in [0.2, 0.25) is 0 Å². The van der Waals surface area contributed by atoms with E-state index in [9.17, 15) is 8.42 Å². The SMILES string of the molecule is COc1ccc(S(=O)(=O)Nc2ccc(Oc3cc(-n4cnc(C)c4C)nc(C)n3)cc2)c(OC)c1. The van der Waals surface area contributed by atoms with Gasteiger partial charge in [-0.05, 0) is 57.2 Å². The zero-order chi connectivity index (χ0) is 25.2. The highest BCUT2D eigenvalue weighted by Gasteiger charge is 2.20. The van der Waals surface area contributed by atoms with Crippen molar-refractivity contribution in [2.24, 2.45) is 0 Å². The van der Waals surface area contributed by atoms with Gasteiger partial charge in [-0.3, -0.25) is 9.29 Å². The van der Waals surface area contributed by atoms with Gasteiger partial charge in [-0.25, -0.2) is 18.4 Å². The topological polar surface area (TPSA) is 117 Å². The molecule has 0 bridgehead atoms. The molecule has 2 aromatic heterocycles. The molecule has 0 fully saturated rings. The maximum atomic E-state index is 12.9. The number of hydrogen-bond acceptors (Lipinski definition) is 8. The van der Waals surface area contributed by atoms with E-state index >= 15 is 0 Å². The highest BCUT2D eigenvalue weighted by atomic mass is 32.2. The van der Waals surface area contributed by atoms with E-state index in [1.54, 1.807) is 49.6 Å². The van der Waals surface area contributed by atoms with Gasteiger partial charge in [0.15, 0.2) is 0 Å². The molecular weight excluding hydrogens is 470 g/mol. The molecule has 0 aliphatic heterocycles. The van der Waals surface area contributed by atoms with Gasteiger partial charge in [-0.2, -0.15) is 4.98 Å². The van der Waals surface area contributed by atoms with Gasteiger partial charge in [-0.15, -0.1) is 0 Å². The van der Waals surface area contributed by atoms with Crippen molar-refractivity contribution in [1.82, 2.24) is 19.5 Å². The quantitative estimate of drug-likeness (QED) is 0.387. The number of imidazole rings is 1. The maximum Gasteiger partial charge on any atom is 0.265 e. The van der Waals surface area contributed by atoms with Crippen LogP contribution in [-0.2, 0) is 10.0 Å². The third-order valence-corrected chi connectivity index (χ3v) is 6.71. The molecule has 182 valence electrons. The Balaban J connectivity index is 1.53. The summed E-state index contributed by atoms with van der Waals surface area (Å²) in [7, 11) is -1.01. The number of aryl methyl sites for hydroxylation is 2. The van der Waals surface area contributed by atoms with Crippen LogP contribution in [0, 0.1) is 20.8 Å². The number of anilines is 1. The molecule has 10 nitrogen and oxygen atoms in total. The Hall–Kier alpha value is -4.12. The first-order valence-corrected chi connectivity index (χ1v) is 12.1. The van der Waals surface area contributed by atoms with E-state index in [4.69, 9.17) is 14.2 Å². The largest absolute Gasteiger partial charge is 0.497 e. The second-order valence-corrected chi connectivity index (χ2v) is 9.30. The maximum absolute atomic E-state index is 12.9. The Morgan fingerprint density at radius 1 is 0.886 bits per heavy atom. The molecule has 0 amide bonds. The minimum atomic E-state index is -3.90. The number of hydrogen-bond donors (Lipinski definition) is 1. The molecule has 35 heavy (non-hydrogen) atoms. The summed E-state index contributed by atoms with van der Waals surface area (Å²) in [4.78, 5) is 13.1. The molecule has 2 heterocycles. The van der Waals surface area contributed by atoms with Gasteiger partial charge in [-0.1, -0.05) is 0 Å². The minimum Gasteiger partial charge on any atom is -0.497 e. The van der Waals surface area contributed by atoms with Crippen LogP contribution in [0.15, 0.2) is 59.8 Å². The van der Waals surface area contributed by atoms with E-state index < -0.39 is 10.0 Å². The van der Waals surface area contributed by atoms with Gasteiger partial charge >= 0.3 is 0 Å². The second kappa shape index (κ2) is 9.63. The average molecular weight is 496 g/mol. The van der Waals surface area contributed by atoms with Gasteiger partial charge in [0, 0.05) is 23.5 Å². The molecule has 0 spiro atoms. The number of nitrogens with one attached hydrogen (secondary N) is 1. The Kier molecular flexibility index (Phi) is 6.61. The monoisotopic (exact) mass is 495 g/mol. The van der Waals surface area contributed by atoms with Gasteiger partial charge < -0.3 is 14.2 Å². The third kappa shape index (κ3) is 5.19. The van der Waals surface area contributed by atoms with Gasteiger partial charge in [0.1, 0.15) is 40.1 Å². The lowest BCUT2D eigenvalue weighted by Crippen LogP contribution is -2.14. The van der Waals surface area contributed by atoms with E-state index in [1.165, 1.54) is 26.4 Å². The molecular formula is C24H25N5O5S. The van der Waals surface area contributed by atoms with Crippen LogP contribution in [-0.4, -0.2) is 42.2 Å². The molecule has 0 unspecified atom stereocenters. The van der Waals surface area contributed by atoms with E-state index in [0.717, 1.165) is 11.4 Å². The summed E-state index contributed by atoms with van der Waals surface area (Å²) in [5, 5.41) is 0.